The smallest absolute Gasteiger partial charge is 0.226 e. The van der Waals surface area contributed by atoms with E-state index in [0.29, 0.717) is 17.9 Å². The molecule has 2 N–H and O–H groups in total. The van der Waals surface area contributed by atoms with Crippen LogP contribution in [0.2, 0.25) is 0 Å². The number of anilines is 1. The van der Waals surface area contributed by atoms with E-state index in [4.69, 9.17) is 4.74 Å². The van der Waals surface area contributed by atoms with Gasteiger partial charge in [-0.2, -0.15) is 0 Å². The number of hydrogen-bond donors (Lipinski definition) is 2. The number of benzene rings is 1. The summed E-state index contributed by atoms with van der Waals surface area (Å²) in [6.45, 7) is 0.970. The van der Waals surface area contributed by atoms with Gasteiger partial charge in [-0.05, 0) is 31.5 Å². The number of nitrogens with one attached hydrogen (secondary N) is 2. The van der Waals surface area contributed by atoms with Crippen molar-refractivity contribution in [2.75, 3.05) is 19.0 Å². The standard InChI is InChI=1S/C14H19FN2O2/c1-19-13-8-10(15)5-6-12(13)17-14(18)9-11-4-2-3-7-16-11/h5-6,8,11,16H,2-4,7,9H2,1H3,(H,17,18). The molecule has 1 aromatic rings. The van der Waals surface area contributed by atoms with E-state index in [0.717, 1.165) is 19.4 Å². The van der Waals surface area contributed by atoms with Gasteiger partial charge in [-0.1, -0.05) is 6.42 Å². The number of methoxy groups -OCH3 is 1. The maximum atomic E-state index is 13.0. The molecular formula is C14H19FN2O2. The third-order valence-electron chi connectivity index (χ3n) is 3.28. The van der Waals surface area contributed by atoms with Gasteiger partial charge in [0.15, 0.2) is 0 Å². The summed E-state index contributed by atoms with van der Waals surface area (Å²) < 4.78 is 18.1. The minimum Gasteiger partial charge on any atom is -0.494 e. The minimum absolute atomic E-state index is 0.0793. The lowest BCUT2D eigenvalue weighted by atomic mass is 10.0. The number of halogens is 1. The lowest BCUT2D eigenvalue weighted by Crippen LogP contribution is -2.36. The van der Waals surface area contributed by atoms with E-state index in [1.807, 2.05) is 0 Å². The van der Waals surface area contributed by atoms with Crippen LogP contribution in [0.4, 0.5) is 10.1 Å². The fourth-order valence-electron chi connectivity index (χ4n) is 2.29. The lowest BCUT2D eigenvalue weighted by molar-refractivity contribution is -0.116. The van der Waals surface area contributed by atoms with Gasteiger partial charge in [-0.3, -0.25) is 4.79 Å². The SMILES string of the molecule is COc1cc(F)ccc1NC(=O)CC1CCCCN1. The highest BCUT2D eigenvalue weighted by molar-refractivity contribution is 5.92. The Morgan fingerprint density at radius 2 is 2.37 bits per heavy atom. The average Bonchev–Trinajstić information content (AvgIpc) is 2.42. The topological polar surface area (TPSA) is 50.4 Å². The molecule has 1 aliphatic rings. The van der Waals surface area contributed by atoms with E-state index in [1.165, 1.54) is 31.7 Å². The third-order valence-corrected chi connectivity index (χ3v) is 3.28. The molecule has 1 fully saturated rings. The number of amides is 1. The number of carbonyl (C=O) groups excluding carboxylic acids is 1. The predicted molar refractivity (Wildman–Crippen MR) is 71.8 cm³/mol. The zero-order valence-electron chi connectivity index (χ0n) is 11.0. The monoisotopic (exact) mass is 266 g/mol. The second-order valence-corrected chi connectivity index (χ2v) is 4.74. The van der Waals surface area contributed by atoms with Crippen molar-refractivity contribution in [2.24, 2.45) is 0 Å². The van der Waals surface area contributed by atoms with Gasteiger partial charge in [0.2, 0.25) is 5.91 Å². The van der Waals surface area contributed by atoms with E-state index in [9.17, 15) is 9.18 Å². The van der Waals surface area contributed by atoms with Gasteiger partial charge < -0.3 is 15.4 Å². The quantitative estimate of drug-likeness (QED) is 0.879. The first-order valence-electron chi connectivity index (χ1n) is 6.56. The Morgan fingerprint density at radius 1 is 1.53 bits per heavy atom. The van der Waals surface area contributed by atoms with Crippen LogP contribution >= 0.6 is 0 Å². The lowest BCUT2D eigenvalue weighted by Gasteiger charge is -2.23. The van der Waals surface area contributed by atoms with Gasteiger partial charge in [-0.15, -0.1) is 0 Å². The van der Waals surface area contributed by atoms with Gasteiger partial charge in [0, 0.05) is 18.5 Å². The summed E-state index contributed by atoms with van der Waals surface area (Å²) >= 11 is 0. The number of carbonyl (C=O) groups is 1. The van der Waals surface area contributed by atoms with Crippen LogP contribution < -0.4 is 15.4 Å². The van der Waals surface area contributed by atoms with Crippen molar-refractivity contribution in [3.05, 3.63) is 24.0 Å². The van der Waals surface area contributed by atoms with Gasteiger partial charge in [0.05, 0.1) is 12.8 Å². The molecule has 0 aromatic heterocycles. The molecule has 1 amide bonds. The maximum Gasteiger partial charge on any atom is 0.226 e. The first-order valence-corrected chi connectivity index (χ1v) is 6.56. The van der Waals surface area contributed by atoms with Crippen LogP contribution in [0.1, 0.15) is 25.7 Å². The molecule has 1 unspecified atom stereocenters. The molecule has 1 saturated heterocycles. The fourth-order valence-corrected chi connectivity index (χ4v) is 2.29. The van der Waals surface area contributed by atoms with Crippen LogP contribution in [0.15, 0.2) is 18.2 Å². The Hall–Kier alpha value is -1.62. The maximum absolute atomic E-state index is 13.0. The van der Waals surface area contributed by atoms with Crippen LogP contribution in [0, 0.1) is 5.82 Å². The van der Waals surface area contributed by atoms with Gasteiger partial charge >= 0.3 is 0 Å². The molecule has 0 saturated carbocycles. The van der Waals surface area contributed by atoms with Crippen LogP contribution in [0.25, 0.3) is 0 Å². The van der Waals surface area contributed by atoms with E-state index in [-0.39, 0.29) is 17.8 Å². The molecule has 0 bridgehead atoms. The largest absolute Gasteiger partial charge is 0.494 e. The van der Waals surface area contributed by atoms with Crippen molar-refractivity contribution in [3.63, 3.8) is 0 Å². The van der Waals surface area contributed by atoms with Gasteiger partial charge in [0.1, 0.15) is 11.6 Å². The molecule has 0 radical (unpaired) electrons. The number of hydrogen-bond acceptors (Lipinski definition) is 3. The first-order chi connectivity index (χ1) is 9.19. The molecule has 1 aliphatic heterocycles. The Kier molecular flexibility index (Phi) is 4.74. The molecule has 5 heteroatoms. The zero-order chi connectivity index (χ0) is 13.7. The van der Waals surface area contributed by atoms with Crippen molar-refractivity contribution in [2.45, 2.75) is 31.7 Å². The second kappa shape index (κ2) is 6.52. The summed E-state index contributed by atoms with van der Waals surface area (Å²) in [4.78, 5) is 11.9. The highest BCUT2D eigenvalue weighted by atomic mass is 19.1. The van der Waals surface area contributed by atoms with Crippen LogP contribution in [-0.2, 0) is 4.79 Å². The van der Waals surface area contributed by atoms with Crippen molar-refractivity contribution in [3.8, 4) is 5.75 Å². The molecule has 4 nitrogen and oxygen atoms in total. The summed E-state index contributed by atoms with van der Waals surface area (Å²) in [7, 11) is 1.45. The molecule has 0 spiro atoms. The van der Waals surface area contributed by atoms with Crippen LogP contribution in [0.5, 0.6) is 5.75 Å². The molecule has 1 atom stereocenters. The summed E-state index contributed by atoms with van der Waals surface area (Å²) in [5, 5.41) is 6.09. The highest BCUT2D eigenvalue weighted by Crippen LogP contribution is 2.25. The fraction of sp³-hybridized carbons (Fsp3) is 0.500. The average molecular weight is 266 g/mol. The summed E-state index contributed by atoms with van der Waals surface area (Å²) in [5.41, 5.74) is 0.504. The molecule has 104 valence electrons. The van der Waals surface area contributed by atoms with Gasteiger partial charge in [-0.25, -0.2) is 4.39 Å². The van der Waals surface area contributed by atoms with E-state index in [1.54, 1.807) is 0 Å². The third kappa shape index (κ3) is 3.92. The van der Waals surface area contributed by atoms with Crippen molar-refractivity contribution in [1.82, 2.24) is 5.32 Å². The highest BCUT2D eigenvalue weighted by Gasteiger charge is 2.17. The Balaban J connectivity index is 1.94. The molecular weight excluding hydrogens is 247 g/mol. The van der Waals surface area contributed by atoms with Crippen molar-refractivity contribution in [1.29, 1.82) is 0 Å². The molecule has 2 rings (SSSR count). The normalized spacial score (nSPS) is 18.9. The van der Waals surface area contributed by atoms with Gasteiger partial charge in [0.25, 0.3) is 0 Å². The number of piperidine rings is 1. The Bertz CT molecular complexity index is 445. The summed E-state index contributed by atoms with van der Waals surface area (Å²) in [5.74, 6) is -0.127. The molecule has 0 aliphatic carbocycles. The van der Waals surface area contributed by atoms with Crippen molar-refractivity contribution >= 4 is 11.6 Å². The first kappa shape index (κ1) is 13.8. The van der Waals surface area contributed by atoms with E-state index < -0.39 is 0 Å². The predicted octanol–water partition coefficient (Wildman–Crippen LogP) is 2.30. The molecule has 19 heavy (non-hydrogen) atoms. The molecule has 1 heterocycles. The summed E-state index contributed by atoms with van der Waals surface area (Å²) in [6.07, 6.45) is 3.78. The second-order valence-electron chi connectivity index (χ2n) is 4.74. The Labute approximate surface area is 112 Å². The number of rotatable bonds is 4. The molecule has 1 aromatic carbocycles. The summed E-state index contributed by atoms with van der Waals surface area (Å²) in [6, 6.07) is 4.31. The van der Waals surface area contributed by atoms with Crippen LogP contribution in [0.3, 0.4) is 0 Å². The zero-order valence-corrected chi connectivity index (χ0v) is 11.0. The van der Waals surface area contributed by atoms with E-state index >= 15 is 0 Å². The van der Waals surface area contributed by atoms with E-state index in [2.05, 4.69) is 10.6 Å². The number of ether oxygens (including phenoxy) is 1. The van der Waals surface area contributed by atoms with Crippen molar-refractivity contribution < 1.29 is 13.9 Å². The van der Waals surface area contributed by atoms with Crippen LogP contribution in [-0.4, -0.2) is 25.6 Å². The Morgan fingerprint density at radius 3 is 3.05 bits per heavy atom. The minimum atomic E-state index is -0.385.